The first-order chi connectivity index (χ1) is 13.9. The lowest BCUT2D eigenvalue weighted by Gasteiger charge is -2.24. The Balaban J connectivity index is 3.94. The Hall–Kier alpha value is -3.04. The van der Waals surface area contributed by atoms with Gasteiger partial charge in [-0.1, -0.05) is 13.2 Å². The molecule has 10 nitrogen and oxygen atoms in total. The number of rotatable bonds is 13. The van der Waals surface area contributed by atoms with Gasteiger partial charge in [0.2, 0.25) is 0 Å². The molecule has 0 aromatic heterocycles. The summed E-state index contributed by atoms with van der Waals surface area (Å²) in [6.45, 7) is 12.6. The van der Waals surface area contributed by atoms with Crippen LogP contribution in [-0.2, 0) is 38.0 Å². The Morgan fingerprint density at radius 1 is 0.667 bits per heavy atom. The van der Waals surface area contributed by atoms with Crippen molar-refractivity contribution in [3.05, 3.63) is 25.3 Å². The number of hydrogen-bond donors (Lipinski definition) is 0. The molecule has 30 heavy (non-hydrogen) atoms. The quantitative estimate of drug-likeness (QED) is 0.186. The molecule has 0 saturated carbocycles. The molecule has 0 aliphatic carbocycles. The average Bonchev–Trinajstić information content (AvgIpc) is 2.66. The van der Waals surface area contributed by atoms with Crippen molar-refractivity contribution < 1.29 is 47.6 Å². The zero-order valence-electron chi connectivity index (χ0n) is 17.9. The third-order valence-corrected chi connectivity index (χ3v) is 3.16. The SMILES string of the molecule is C=CC(=O)OCC(C)(C)OC(=O)OCCCCOC(=O)OC(C)(C)COC(=O)C=C. The summed E-state index contributed by atoms with van der Waals surface area (Å²) in [5.41, 5.74) is -2.12. The number of hydrogen-bond acceptors (Lipinski definition) is 10. The van der Waals surface area contributed by atoms with Crippen LogP contribution in [0.4, 0.5) is 9.59 Å². The van der Waals surface area contributed by atoms with E-state index >= 15 is 0 Å². The van der Waals surface area contributed by atoms with Crippen LogP contribution in [0.5, 0.6) is 0 Å². The van der Waals surface area contributed by atoms with E-state index in [1.165, 1.54) is 0 Å². The number of esters is 2. The number of carbonyl (C=O) groups excluding carboxylic acids is 4. The van der Waals surface area contributed by atoms with Crippen molar-refractivity contribution in [3.8, 4) is 0 Å². The summed E-state index contributed by atoms with van der Waals surface area (Å²) < 4.78 is 29.6. The number of carbonyl (C=O) groups is 4. The van der Waals surface area contributed by atoms with E-state index in [4.69, 9.17) is 28.4 Å². The fourth-order valence-electron chi connectivity index (χ4n) is 1.69. The molecule has 10 heteroatoms. The van der Waals surface area contributed by atoms with E-state index in [0.29, 0.717) is 12.8 Å². The van der Waals surface area contributed by atoms with Gasteiger partial charge in [-0.25, -0.2) is 19.2 Å². The van der Waals surface area contributed by atoms with Gasteiger partial charge in [-0.2, -0.15) is 0 Å². The Morgan fingerprint density at radius 3 is 1.30 bits per heavy atom. The van der Waals surface area contributed by atoms with E-state index in [1.54, 1.807) is 27.7 Å². The molecular formula is C20H30O10. The molecule has 0 unspecified atom stereocenters. The zero-order valence-corrected chi connectivity index (χ0v) is 17.9. The zero-order chi connectivity index (χ0) is 23.2. The lowest BCUT2D eigenvalue weighted by molar-refractivity contribution is -0.145. The maximum absolute atomic E-state index is 11.6. The van der Waals surface area contributed by atoms with Crippen LogP contribution < -0.4 is 0 Å². The van der Waals surface area contributed by atoms with E-state index < -0.39 is 35.5 Å². The first-order valence-electron chi connectivity index (χ1n) is 9.21. The summed E-state index contributed by atoms with van der Waals surface area (Å²) in [4.78, 5) is 45.4. The van der Waals surface area contributed by atoms with Crippen LogP contribution in [0, 0.1) is 0 Å². The van der Waals surface area contributed by atoms with Gasteiger partial charge in [0.05, 0.1) is 13.2 Å². The summed E-state index contributed by atoms with van der Waals surface area (Å²) in [6.07, 6.45) is 1.01. The lowest BCUT2D eigenvalue weighted by Crippen LogP contribution is -2.34. The highest BCUT2D eigenvalue weighted by Gasteiger charge is 2.26. The summed E-state index contributed by atoms with van der Waals surface area (Å²) in [6, 6.07) is 0. The maximum atomic E-state index is 11.6. The van der Waals surface area contributed by atoms with Crippen LogP contribution >= 0.6 is 0 Å². The van der Waals surface area contributed by atoms with Gasteiger partial charge in [-0.05, 0) is 40.5 Å². The van der Waals surface area contributed by atoms with Crippen LogP contribution in [0.2, 0.25) is 0 Å². The predicted octanol–water partition coefficient (Wildman–Crippen LogP) is 3.09. The maximum Gasteiger partial charge on any atom is 0.508 e. The van der Waals surface area contributed by atoms with Crippen molar-refractivity contribution >= 4 is 24.2 Å². The minimum absolute atomic E-state index is 0.0444. The molecule has 0 N–H and O–H groups in total. The molecule has 0 fully saturated rings. The van der Waals surface area contributed by atoms with E-state index in [2.05, 4.69) is 13.2 Å². The summed E-state index contributed by atoms with van der Waals surface area (Å²) in [7, 11) is 0. The van der Waals surface area contributed by atoms with Crippen molar-refractivity contribution in [2.24, 2.45) is 0 Å². The first-order valence-corrected chi connectivity index (χ1v) is 9.21. The van der Waals surface area contributed by atoms with Crippen molar-refractivity contribution in [3.63, 3.8) is 0 Å². The van der Waals surface area contributed by atoms with Crippen LogP contribution in [0.3, 0.4) is 0 Å². The normalized spacial score (nSPS) is 10.9. The molecule has 0 bridgehead atoms. The molecule has 0 aliphatic heterocycles. The summed E-state index contributed by atoms with van der Waals surface area (Å²) in [5, 5.41) is 0. The second kappa shape index (κ2) is 13.2. The number of ether oxygens (including phenoxy) is 6. The van der Waals surface area contributed by atoms with Crippen molar-refractivity contribution in [2.45, 2.75) is 51.7 Å². The molecule has 0 radical (unpaired) electrons. The van der Waals surface area contributed by atoms with E-state index in [0.717, 1.165) is 12.2 Å². The van der Waals surface area contributed by atoms with Gasteiger partial charge in [0.25, 0.3) is 0 Å². The van der Waals surface area contributed by atoms with Gasteiger partial charge in [0, 0.05) is 12.2 Å². The first kappa shape index (κ1) is 27.0. The minimum Gasteiger partial charge on any atom is -0.458 e. The molecule has 0 amide bonds. The van der Waals surface area contributed by atoms with E-state index in [1.807, 2.05) is 0 Å². The molecule has 0 atom stereocenters. The van der Waals surface area contributed by atoms with Crippen LogP contribution in [0.25, 0.3) is 0 Å². The topological polar surface area (TPSA) is 124 Å². The van der Waals surface area contributed by atoms with Gasteiger partial charge in [0.1, 0.15) is 24.4 Å². The highest BCUT2D eigenvalue weighted by atomic mass is 16.7. The third-order valence-electron chi connectivity index (χ3n) is 3.16. The molecule has 0 spiro atoms. The molecule has 0 aromatic rings. The molecular weight excluding hydrogens is 400 g/mol. The summed E-state index contributed by atoms with van der Waals surface area (Å²) >= 11 is 0. The fraction of sp³-hybridized carbons (Fsp3) is 0.600. The van der Waals surface area contributed by atoms with Gasteiger partial charge in [0.15, 0.2) is 0 Å². The Kier molecular flexibility index (Phi) is 11.9. The minimum atomic E-state index is -1.06. The lowest BCUT2D eigenvalue weighted by atomic mass is 10.1. The van der Waals surface area contributed by atoms with Gasteiger partial charge >= 0.3 is 24.2 Å². The van der Waals surface area contributed by atoms with Crippen molar-refractivity contribution in [1.29, 1.82) is 0 Å². The molecule has 0 saturated heterocycles. The second-order valence-electron chi connectivity index (χ2n) is 7.25. The third kappa shape index (κ3) is 14.0. The van der Waals surface area contributed by atoms with Crippen LogP contribution in [0.1, 0.15) is 40.5 Å². The molecule has 0 heterocycles. The fourth-order valence-corrected chi connectivity index (χ4v) is 1.69. The highest BCUT2D eigenvalue weighted by Crippen LogP contribution is 2.13. The van der Waals surface area contributed by atoms with Crippen LogP contribution in [0.15, 0.2) is 25.3 Å². The standard InChI is InChI=1S/C20H30O10/c1-7-15(21)27-13-19(3,4)29-17(23)25-11-9-10-12-26-18(24)30-20(5,6)14-28-16(22)8-2/h7-8H,1-2,9-14H2,3-6H3. The Labute approximate surface area is 176 Å². The monoisotopic (exact) mass is 430 g/mol. The van der Waals surface area contributed by atoms with Crippen molar-refractivity contribution in [1.82, 2.24) is 0 Å². The Bertz CT molecular complexity index is 567. The average molecular weight is 430 g/mol. The van der Waals surface area contributed by atoms with E-state index in [-0.39, 0.29) is 26.4 Å². The smallest absolute Gasteiger partial charge is 0.458 e. The second-order valence-corrected chi connectivity index (χ2v) is 7.25. The summed E-state index contributed by atoms with van der Waals surface area (Å²) in [5.74, 6) is -1.25. The van der Waals surface area contributed by atoms with Gasteiger partial charge in [-0.3, -0.25) is 0 Å². The number of unbranched alkanes of at least 4 members (excludes halogenated alkanes) is 1. The molecule has 0 aliphatic rings. The Morgan fingerprint density at radius 2 is 1.00 bits per heavy atom. The molecule has 170 valence electrons. The van der Waals surface area contributed by atoms with Gasteiger partial charge < -0.3 is 28.4 Å². The van der Waals surface area contributed by atoms with Gasteiger partial charge in [-0.15, -0.1) is 0 Å². The largest absolute Gasteiger partial charge is 0.508 e. The van der Waals surface area contributed by atoms with Crippen molar-refractivity contribution in [2.75, 3.05) is 26.4 Å². The van der Waals surface area contributed by atoms with E-state index in [9.17, 15) is 19.2 Å². The van der Waals surface area contributed by atoms with Crippen LogP contribution in [-0.4, -0.2) is 61.9 Å². The molecule has 0 rings (SSSR count). The highest BCUT2D eigenvalue weighted by molar-refractivity contribution is 5.81. The molecule has 0 aromatic carbocycles. The predicted molar refractivity (Wildman–Crippen MR) is 105 cm³/mol.